The average molecular weight is 272 g/mol. The van der Waals surface area contributed by atoms with E-state index < -0.39 is 5.54 Å². The summed E-state index contributed by atoms with van der Waals surface area (Å²) in [6, 6.07) is 0. The van der Waals surface area contributed by atoms with Crippen molar-refractivity contribution in [2.24, 2.45) is 17.1 Å². The largest absolute Gasteiger partial charge is 0.394 e. The molecule has 3 N–H and O–H groups in total. The fourth-order valence-electron chi connectivity index (χ4n) is 2.12. The lowest BCUT2D eigenvalue weighted by Crippen LogP contribution is -2.47. The van der Waals surface area contributed by atoms with Gasteiger partial charge in [0, 0.05) is 13.5 Å². The van der Waals surface area contributed by atoms with E-state index in [1.54, 1.807) is 11.9 Å². The normalized spacial score (nSPS) is 14.3. The van der Waals surface area contributed by atoms with Crippen molar-refractivity contribution in [3.63, 3.8) is 0 Å². The summed E-state index contributed by atoms with van der Waals surface area (Å²) in [5, 5.41) is 9.29. The summed E-state index contributed by atoms with van der Waals surface area (Å²) in [5.74, 6) is 0.539. The summed E-state index contributed by atoms with van der Waals surface area (Å²) in [6.07, 6.45) is 2.32. The van der Waals surface area contributed by atoms with Crippen LogP contribution in [0.4, 0.5) is 0 Å². The molecule has 4 nitrogen and oxygen atoms in total. The lowest BCUT2D eigenvalue weighted by Gasteiger charge is -2.35. The van der Waals surface area contributed by atoms with Gasteiger partial charge in [-0.15, -0.1) is 0 Å². The molecule has 0 aromatic rings. The number of aliphatic hydroxyl groups is 1. The minimum atomic E-state index is -0.498. The number of nitrogens with zero attached hydrogens (tertiary/aromatic N) is 1. The third-order valence-corrected chi connectivity index (χ3v) is 4.12. The van der Waals surface area contributed by atoms with Crippen LogP contribution in [0.2, 0.25) is 0 Å². The van der Waals surface area contributed by atoms with E-state index in [-0.39, 0.29) is 17.9 Å². The number of carbonyl (C=O) groups excluding carboxylic acids is 1. The van der Waals surface area contributed by atoms with E-state index in [0.717, 1.165) is 12.8 Å². The van der Waals surface area contributed by atoms with Gasteiger partial charge >= 0.3 is 0 Å². The Bertz CT molecular complexity index is 282. The van der Waals surface area contributed by atoms with Crippen molar-refractivity contribution in [1.29, 1.82) is 0 Å². The molecule has 0 spiro atoms. The van der Waals surface area contributed by atoms with Gasteiger partial charge in [-0.3, -0.25) is 4.79 Å². The van der Waals surface area contributed by atoms with Crippen LogP contribution in [0.25, 0.3) is 0 Å². The SMILES string of the molecule is CN(C(=O)CCC(CCN)C(C)(C)C)C(C)(C)CO. The summed E-state index contributed by atoms with van der Waals surface area (Å²) in [6.45, 7) is 10.9. The molecule has 0 heterocycles. The molecule has 0 aromatic carbocycles. The molecule has 1 amide bonds. The molecule has 1 unspecified atom stereocenters. The minimum absolute atomic E-state index is 0.0270. The fourth-order valence-corrected chi connectivity index (χ4v) is 2.12. The molecule has 0 saturated carbocycles. The first-order valence-corrected chi connectivity index (χ1v) is 7.14. The van der Waals surface area contributed by atoms with E-state index in [1.165, 1.54) is 0 Å². The highest BCUT2D eigenvalue weighted by molar-refractivity contribution is 5.76. The molecule has 0 aliphatic rings. The first-order valence-electron chi connectivity index (χ1n) is 7.14. The van der Waals surface area contributed by atoms with E-state index in [0.29, 0.717) is 18.9 Å². The molecule has 0 aliphatic heterocycles. The first-order chi connectivity index (χ1) is 8.56. The third-order valence-electron chi connectivity index (χ3n) is 4.12. The van der Waals surface area contributed by atoms with E-state index in [2.05, 4.69) is 20.8 Å². The van der Waals surface area contributed by atoms with Crippen LogP contribution in [0.15, 0.2) is 0 Å². The Morgan fingerprint density at radius 1 is 1.21 bits per heavy atom. The van der Waals surface area contributed by atoms with Crippen LogP contribution >= 0.6 is 0 Å². The second kappa shape index (κ2) is 7.25. The predicted molar refractivity (Wildman–Crippen MR) is 79.8 cm³/mol. The number of hydrogen-bond acceptors (Lipinski definition) is 3. The fraction of sp³-hybridized carbons (Fsp3) is 0.933. The Morgan fingerprint density at radius 3 is 2.11 bits per heavy atom. The molecule has 0 aliphatic carbocycles. The molecule has 0 saturated heterocycles. The van der Waals surface area contributed by atoms with Crippen molar-refractivity contribution >= 4 is 5.91 Å². The number of likely N-dealkylation sites (N-methyl/N-ethyl adjacent to an activating group) is 1. The molecule has 114 valence electrons. The molecule has 0 bridgehead atoms. The van der Waals surface area contributed by atoms with Crippen molar-refractivity contribution in [3.8, 4) is 0 Å². The lowest BCUT2D eigenvalue weighted by molar-refractivity contribution is -0.136. The number of carbonyl (C=O) groups is 1. The summed E-state index contributed by atoms with van der Waals surface area (Å²) in [4.78, 5) is 13.8. The predicted octanol–water partition coefficient (Wildman–Crippen LogP) is 2.01. The molecule has 0 radical (unpaired) electrons. The van der Waals surface area contributed by atoms with Gasteiger partial charge in [0.25, 0.3) is 0 Å². The lowest BCUT2D eigenvalue weighted by atomic mass is 9.76. The van der Waals surface area contributed by atoms with Crippen molar-refractivity contribution in [1.82, 2.24) is 4.90 Å². The Morgan fingerprint density at radius 2 is 1.74 bits per heavy atom. The second-order valence-corrected chi connectivity index (χ2v) is 7.10. The van der Waals surface area contributed by atoms with Crippen LogP contribution in [-0.2, 0) is 4.79 Å². The summed E-state index contributed by atoms with van der Waals surface area (Å²) < 4.78 is 0. The maximum absolute atomic E-state index is 12.2. The highest BCUT2D eigenvalue weighted by Crippen LogP contribution is 2.32. The molecule has 4 heteroatoms. The van der Waals surface area contributed by atoms with Gasteiger partial charge in [0.15, 0.2) is 0 Å². The first kappa shape index (κ1) is 18.4. The van der Waals surface area contributed by atoms with Crippen LogP contribution in [0, 0.1) is 11.3 Å². The van der Waals surface area contributed by atoms with Gasteiger partial charge in [0.05, 0.1) is 12.1 Å². The molecule has 0 aromatic heterocycles. The van der Waals surface area contributed by atoms with E-state index in [4.69, 9.17) is 5.73 Å². The molecule has 19 heavy (non-hydrogen) atoms. The topological polar surface area (TPSA) is 66.6 Å². The quantitative estimate of drug-likeness (QED) is 0.745. The highest BCUT2D eigenvalue weighted by Gasteiger charge is 2.29. The van der Waals surface area contributed by atoms with Gasteiger partial charge in [-0.05, 0) is 44.6 Å². The van der Waals surface area contributed by atoms with Gasteiger partial charge < -0.3 is 15.7 Å². The highest BCUT2D eigenvalue weighted by atomic mass is 16.3. The van der Waals surface area contributed by atoms with Gasteiger partial charge in [0.1, 0.15) is 0 Å². The number of aliphatic hydroxyl groups excluding tert-OH is 1. The molecular weight excluding hydrogens is 240 g/mol. The van der Waals surface area contributed by atoms with Crippen molar-refractivity contribution in [2.75, 3.05) is 20.2 Å². The Hall–Kier alpha value is -0.610. The van der Waals surface area contributed by atoms with Gasteiger partial charge in [0.2, 0.25) is 5.91 Å². The third kappa shape index (κ3) is 5.91. The number of hydrogen-bond donors (Lipinski definition) is 2. The van der Waals surface area contributed by atoms with Crippen LogP contribution in [0.5, 0.6) is 0 Å². The second-order valence-electron chi connectivity index (χ2n) is 7.10. The number of rotatable bonds is 7. The number of nitrogens with two attached hydrogens (primary N) is 1. The van der Waals surface area contributed by atoms with Crippen molar-refractivity contribution in [3.05, 3.63) is 0 Å². The van der Waals surface area contributed by atoms with Gasteiger partial charge in [-0.25, -0.2) is 0 Å². The summed E-state index contributed by atoms with van der Waals surface area (Å²) in [5.41, 5.74) is 5.33. The zero-order chi connectivity index (χ0) is 15.3. The van der Waals surface area contributed by atoms with Crippen LogP contribution in [-0.4, -0.2) is 41.7 Å². The van der Waals surface area contributed by atoms with E-state index >= 15 is 0 Å². The van der Waals surface area contributed by atoms with Crippen LogP contribution in [0.1, 0.15) is 53.9 Å². The maximum Gasteiger partial charge on any atom is 0.222 e. The van der Waals surface area contributed by atoms with Gasteiger partial charge in [-0.2, -0.15) is 0 Å². The number of amides is 1. The summed E-state index contributed by atoms with van der Waals surface area (Å²) in [7, 11) is 1.76. The Labute approximate surface area is 118 Å². The Kier molecular flexibility index (Phi) is 7.01. The standard InChI is InChI=1S/C15H32N2O2/c1-14(2,3)12(9-10-16)7-8-13(19)17(6)15(4,5)11-18/h12,18H,7-11,16H2,1-6H3. The monoisotopic (exact) mass is 272 g/mol. The smallest absolute Gasteiger partial charge is 0.222 e. The average Bonchev–Trinajstić information content (AvgIpc) is 2.31. The van der Waals surface area contributed by atoms with Gasteiger partial charge in [-0.1, -0.05) is 20.8 Å². The van der Waals surface area contributed by atoms with Crippen LogP contribution in [0.3, 0.4) is 0 Å². The van der Waals surface area contributed by atoms with Crippen molar-refractivity contribution < 1.29 is 9.90 Å². The molecule has 1 atom stereocenters. The van der Waals surface area contributed by atoms with Crippen LogP contribution < -0.4 is 5.73 Å². The minimum Gasteiger partial charge on any atom is -0.394 e. The zero-order valence-corrected chi connectivity index (χ0v) is 13.5. The molecule has 0 fully saturated rings. The summed E-state index contributed by atoms with van der Waals surface area (Å²) >= 11 is 0. The molecular formula is C15H32N2O2. The van der Waals surface area contributed by atoms with Crippen molar-refractivity contribution in [2.45, 2.75) is 59.4 Å². The van der Waals surface area contributed by atoms with E-state index in [1.807, 2.05) is 13.8 Å². The molecule has 0 rings (SSSR count). The Balaban J connectivity index is 4.49. The zero-order valence-electron chi connectivity index (χ0n) is 13.5. The van der Waals surface area contributed by atoms with E-state index in [9.17, 15) is 9.90 Å². The maximum atomic E-state index is 12.2.